The summed E-state index contributed by atoms with van der Waals surface area (Å²) in [7, 11) is 0. The minimum Gasteiger partial charge on any atom is -0.491 e. The van der Waals surface area contributed by atoms with Crippen molar-refractivity contribution in [3.8, 4) is 11.8 Å². The second-order valence-corrected chi connectivity index (χ2v) is 6.56. The Morgan fingerprint density at radius 1 is 1.38 bits per heavy atom. The lowest BCUT2D eigenvalue weighted by atomic mass is 10.1. The molecule has 126 valence electrons. The lowest BCUT2D eigenvalue weighted by molar-refractivity contribution is -0.0457. The van der Waals surface area contributed by atoms with Crippen LogP contribution in [0.3, 0.4) is 0 Å². The van der Waals surface area contributed by atoms with Crippen molar-refractivity contribution in [2.24, 2.45) is 0 Å². The van der Waals surface area contributed by atoms with Crippen LogP contribution in [0, 0.1) is 11.3 Å². The number of thiophene rings is 1. The highest BCUT2D eigenvalue weighted by Crippen LogP contribution is 2.24. The third-order valence-corrected chi connectivity index (χ3v) is 4.66. The van der Waals surface area contributed by atoms with Crippen LogP contribution in [-0.2, 0) is 4.74 Å². The van der Waals surface area contributed by atoms with Gasteiger partial charge in [-0.1, -0.05) is 0 Å². The van der Waals surface area contributed by atoms with E-state index in [-0.39, 0.29) is 12.7 Å². The van der Waals surface area contributed by atoms with Crippen molar-refractivity contribution >= 4 is 11.3 Å². The van der Waals surface area contributed by atoms with Gasteiger partial charge in [-0.25, -0.2) is 0 Å². The van der Waals surface area contributed by atoms with E-state index in [1.54, 1.807) is 35.6 Å². The predicted molar refractivity (Wildman–Crippen MR) is 92.1 cm³/mol. The van der Waals surface area contributed by atoms with Crippen LogP contribution >= 0.6 is 11.3 Å². The van der Waals surface area contributed by atoms with Crippen LogP contribution in [0.5, 0.6) is 5.75 Å². The number of morpholine rings is 1. The quantitative estimate of drug-likeness (QED) is 0.872. The topological polar surface area (TPSA) is 65.7 Å². The van der Waals surface area contributed by atoms with Gasteiger partial charge in [0, 0.05) is 19.6 Å². The molecule has 0 radical (unpaired) electrons. The van der Waals surface area contributed by atoms with E-state index in [1.165, 1.54) is 5.56 Å². The number of rotatable bonds is 6. The summed E-state index contributed by atoms with van der Waals surface area (Å²) in [6.45, 7) is 3.05. The van der Waals surface area contributed by atoms with Crippen LogP contribution in [0.25, 0.3) is 0 Å². The third kappa shape index (κ3) is 4.56. The molecule has 1 aliphatic heterocycles. The lowest BCUT2D eigenvalue weighted by Crippen LogP contribution is -2.43. The number of nitriles is 1. The Labute approximate surface area is 145 Å². The van der Waals surface area contributed by atoms with Crippen LogP contribution in [0.1, 0.15) is 17.2 Å². The van der Waals surface area contributed by atoms with Crippen molar-refractivity contribution in [1.29, 1.82) is 5.26 Å². The highest BCUT2D eigenvalue weighted by Gasteiger charge is 2.23. The number of ether oxygens (including phenoxy) is 2. The van der Waals surface area contributed by atoms with Crippen LogP contribution in [0.4, 0.5) is 0 Å². The Morgan fingerprint density at radius 3 is 2.92 bits per heavy atom. The van der Waals surface area contributed by atoms with Gasteiger partial charge in [-0.15, -0.1) is 0 Å². The number of β-amino-alcohol motifs (C(OH)–C–C–N with tert-alkyl or cyclic N) is 1. The molecule has 0 amide bonds. The highest BCUT2D eigenvalue weighted by atomic mass is 32.1. The molecule has 1 saturated heterocycles. The minimum absolute atomic E-state index is 0.0802. The van der Waals surface area contributed by atoms with Crippen molar-refractivity contribution in [3.63, 3.8) is 0 Å². The third-order valence-electron chi connectivity index (χ3n) is 3.96. The number of hydrogen-bond acceptors (Lipinski definition) is 6. The number of aliphatic hydroxyl groups excluding tert-OH is 1. The summed E-state index contributed by atoms with van der Waals surface area (Å²) in [5, 5.41) is 23.2. The summed E-state index contributed by atoms with van der Waals surface area (Å²) in [5.41, 5.74) is 1.80. The second-order valence-electron chi connectivity index (χ2n) is 5.78. The van der Waals surface area contributed by atoms with Crippen molar-refractivity contribution in [1.82, 2.24) is 4.90 Å². The summed E-state index contributed by atoms with van der Waals surface area (Å²) < 4.78 is 11.4. The molecule has 1 N–H and O–H groups in total. The number of aliphatic hydroxyl groups is 1. The molecule has 5 nitrogen and oxygen atoms in total. The van der Waals surface area contributed by atoms with Gasteiger partial charge >= 0.3 is 0 Å². The first-order valence-corrected chi connectivity index (χ1v) is 8.86. The van der Waals surface area contributed by atoms with Gasteiger partial charge in [-0.05, 0) is 46.7 Å². The molecule has 1 aromatic heterocycles. The van der Waals surface area contributed by atoms with E-state index < -0.39 is 6.10 Å². The van der Waals surface area contributed by atoms with Gasteiger partial charge < -0.3 is 14.6 Å². The van der Waals surface area contributed by atoms with E-state index >= 15 is 0 Å². The maximum absolute atomic E-state index is 10.2. The molecule has 24 heavy (non-hydrogen) atoms. The average molecular weight is 344 g/mol. The molecule has 0 saturated carbocycles. The standard InChI is InChI=1S/C18H20N2O3S/c19-9-14-1-3-17(4-2-14)23-12-16(21)10-20-6-7-22-18(11-20)15-5-8-24-13-15/h1-5,8,13,16,18,21H,6-7,10-12H2. The number of benzene rings is 1. The summed E-state index contributed by atoms with van der Waals surface area (Å²) in [6, 6.07) is 11.0. The number of nitrogens with zero attached hydrogens (tertiary/aromatic N) is 2. The molecule has 0 spiro atoms. The maximum Gasteiger partial charge on any atom is 0.119 e. The van der Waals surface area contributed by atoms with E-state index in [9.17, 15) is 5.11 Å². The van der Waals surface area contributed by atoms with Crippen molar-refractivity contribution in [2.75, 3.05) is 32.8 Å². The smallest absolute Gasteiger partial charge is 0.119 e. The molecule has 0 bridgehead atoms. The zero-order valence-corrected chi connectivity index (χ0v) is 14.1. The van der Waals surface area contributed by atoms with E-state index in [0.29, 0.717) is 24.5 Å². The van der Waals surface area contributed by atoms with Crippen molar-refractivity contribution in [3.05, 3.63) is 52.2 Å². The molecule has 3 rings (SSSR count). The highest BCUT2D eigenvalue weighted by molar-refractivity contribution is 7.07. The maximum atomic E-state index is 10.2. The fourth-order valence-electron chi connectivity index (χ4n) is 2.70. The average Bonchev–Trinajstić information content (AvgIpc) is 3.15. The molecule has 1 aliphatic rings. The summed E-state index contributed by atoms with van der Waals surface area (Å²) >= 11 is 1.67. The van der Waals surface area contributed by atoms with Gasteiger partial charge in [-0.3, -0.25) is 4.90 Å². The van der Waals surface area contributed by atoms with Gasteiger partial charge in [-0.2, -0.15) is 16.6 Å². The normalized spacial score (nSPS) is 19.6. The van der Waals surface area contributed by atoms with Crippen molar-refractivity contribution in [2.45, 2.75) is 12.2 Å². The van der Waals surface area contributed by atoms with Gasteiger partial charge in [0.2, 0.25) is 0 Å². The Bertz CT molecular complexity index is 667. The van der Waals surface area contributed by atoms with Crippen LogP contribution in [0.2, 0.25) is 0 Å². The van der Waals surface area contributed by atoms with Crippen LogP contribution < -0.4 is 4.74 Å². The first kappa shape index (κ1) is 16.9. The Balaban J connectivity index is 1.45. The predicted octanol–water partition coefficient (Wildman–Crippen LogP) is 2.43. The summed E-state index contributed by atoms with van der Waals surface area (Å²) in [5.74, 6) is 0.658. The molecule has 2 heterocycles. The van der Waals surface area contributed by atoms with Gasteiger partial charge in [0.1, 0.15) is 18.5 Å². The Kier molecular flexibility index (Phi) is 5.83. The first-order valence-electron chi connectivity index (χ1n) is 7.91. The fourth-order valence-corrected chi connectivity index (χ4v) is 3.40. The van der Waals surface area contributed by atoms with E-state index in [1.807, 2.05) is 0 Å². The van der Waals surface area contributed by atoms with Crippen molar-refractivity contribution < 1.29 is 14.6 Å². The zero-order chi connectivity index (χ0) is 16.8. The SMILES string of the molecule is N#Cc1ccc(OCC(O)CN2CCOC(c3ccsc3)C2)cc1. The van der Waals surface area contributed by atoms with E-state index in [4.69, 9.17) is 14.7 Å². The molecule has 1 fully saturated rings. The first-order chi connectivity index (χ1) is 11.7. The zero-order valence-electron chi connectivity index (χ0n) is 13.3. The Hall–Kier alpha value is -1.91. The lowest BCUT2D eigenvalue weighted by Gasteiger charge is -2.33. The molecule has 2 unspecified atom stereocenters. The minimum atomic E-state index is -0.568. The Morgan fingerprint density at radius 2 is 2.21 bits per heavy atom. The van der Waals surface area contributed by atoms with Crippen LogP contribution in [0.15, 0.2) is 41.1 Å². The van der Waals surface area contributed by atoms with Gasteiger partial charge in [0.25, 0.3) is 0 Å². The summed E-state index contributed by atoms with van der Waals surface area (Å²) in [6.07, 6.45) is -0.487. The van der Waals surface area contributed by atoms with E-state index in [0.717, 1.165) is 13.1 Å². The summed E-state index contributed by atoms with van der Waals surface area (Å²) in [4.78, 5) is 2.21. The molecule has 1 aromatic carbocycles. The van der Waals surface area contributed by atoms with Gasteiger partial charge in [0.05, 0.1) is 24.3 Å². The van der Waals surface area contributed by atoms with E-state index in [2.05, 4.69) is 27.8 Å². The van der Waals surface area contributed by atoms with Gasteiger partial charge in [0.15, 0.2) is 0 Å². The molecular formula is C18H20N2O3S. The second kappa shape index (κ2) is 8.27. The molecule has 2 aromatic rings. The van der Waals surface area contributed by atoms with Crippen LogP contribution in [-0.4, -0.2) is 49.0 Å². The fraction of sp³-hybridized carbons (Fsp3) is 0.389. The molecule has 0 aliphatic carbocycles. The number of hydrogen-bond donors (Lipinski definition) is 1. The monoisotopic (exact) mass is 344 g/mol. The molecule has 6 heteroatoms. The largest absolute Gasteiger partial charge is 0.491 e. The molecule has 2 atom stereocenters. The molecular weight excluding hydrogens is 324 g/mol.